The predicted molar refractivity (Wildman–Crippen MR) is 142 cm³/mol. The first kappa shape index (κ1) is 28.7. The maximum Gasteiger partial charge on any atom is 0.422 e. The lowest BCUT2D eigenvalue weighted by atomic mass is 9.85. The summed E-state index contributed by atoms with van der Waals surface area (Å²) < 4.78 is 84.2. The van der Waals surface area contributed by atoms with E-state index in [4.69, 9.17) is 0 Å². The molecule has 2 aliphatic heterocycles. The highest BCUT2D eigenvalue weighted by atomic mass is 19.4. The molecule has 4 aromatic rings. The first-order chi connectivity index (χ1) is 20.7. The summed E-state index contributed by atoms with van der Waals surface area (Å²) in [5.41, 5.74) is 0.157. The van der Waals surface area contributed by atoms with Crippen molar-refractivity contribution in [3.63, 3.8) is 0 Å². The van der Waals surface area contributed by atoms with E-state index in [9.17, 15) is 45.5 Å². The van der Waals surface area contributed by atoms with Crippen LogP contribution in [0.15, 0.2) is 72.8 Å². The Labute approximate surface area is 243 Å². The summed E-state index contributed by atoms with van der Waals surface area (Å²) in [4.78, 5) is 55.8. The Kier molecular flexibility index (Phi) is 6.59. The van der Waals surface area contributed by atoms with Crippen molar-refractivity contribution in [2.24, 2.45) is 0 Å². The molecule has 6 rings (SSSR count). The van der Waals surface area contributed by atoms with Gasteiger partial charge in [0, 0.05) is 33.0 Å². The fourth-order valence-electron chi connectivity index (χ4n) is 5.06. The van der Waals surface area contributed by atoms with Crippen molar-refractivity contribution in [2.75, 3.05) is 23.0 Å². The van der Waals surface area contributed by atoms with Crippen molar-refractivity contribution < 1.29 is 55.0 Å². The van der Waals surface area contributed by atoms with Gasteiger partial charge in [0.2, 0.25) is 0 Å². The summed E-state index contributed by atoms with van der Waals surface area (Å²) >= 11 is 0. The van der Waals surface area contributed by atoms with E-state index < -0.39 is 49.2 Å². The van der Waals surface area contributed by atoms with Gasteiger partial charge in [-0.15, -0.1) is 0 Å². The molecule has 14 heteroatoms. The predicted octanol–water partition coefficient (Wildman–Crippen LogP) is 6.32. The first-order valence-corrected chi connectivity index (χ1v) is 12.7. The Hall–Kier alpha value is -5.40. The quantitative estimate of drug-likeness (QED) is 0.186. The minimum atomic E-state index is -4.56. The monoisotopic (exact) mass is 614 g/mol. The van der Waals surface area contributed by atoms with Gasteiger partial charge in [-0.25, -0.2) is 9.80 Å². The molecule has 0 fully saturated rings. The largest absolute Gasteiger partial charge is 0.484 e. The third-order valence-corrected chi connectivity index (χ3v) is 6.89. The molecule has 44 heavy (non-hydrogen) atoms. The lowest BCUT2D eigenvalue weighted by Gasteiger charge is -2.32. The van der Waals surface area contributed by atoms with E-state index in [-0.39, 0.29) is 55.9 Å². The molecule has 2 aliphatic rings. The zero-order valence-electron chi connectivity index (χ0n) is 22.0. The lowest BCUT2D eigenvalue weighted by molar-refractivity contribution is -0.154. The second kappa shape index (κ2) is 10.1. The number of carbonyl (C=O) groups excluding carboxylic acids is 4. The number of imide groups is 2. The number of benzene rings is 4. The van der Waals surface area contributed by atoms with Crippen molar-refractivity contribution >= 4 is 45.8 Å². The van der Waals surface area contributed by atoms with Gasteiger partial charge in [-0.1, -0.05) is 0 Å². The van der Waals surface area contributed by atoms with Crippen molar-refractivity contribution in [1.29, 1.82) is 0 Å². The van der Waals surface area contributed by atoms with Crippen LogP contribution in [0.1, 0.15) is 41.4 Å². The van der Waals surface area contributed by atoms with Crippen LogP contribution in [0, 0.1) is 0 Å². The number of hydrogen-bond acceptors (Lipinski definition) is 6. The molecular formula is C30H16F6N2O6. The number of nitrogens with zero attached hydrogens (tertiary/aromatic N) is 2. The highest BCUT2D eigenvalue weighted by Gasteiger charge is 2.41. The van der Waals surface area contributed by atoms with Gasteiger partial charge < -0.3 is 9.47 Å². The third-order valence-electron chi connectivity index (χ3n) is 6.89. The summed E-state index contributed by atoms with van der Waals surface area (Å²) in [6.45, 7) is -3.05. The van der Waals surface area contributed by atoms with Crippen LogP contribution in [-0.4, -0.2) is 49.2 Å². The van der Waals surface area contributed by atoms with Gasteiger partial charge in [-0.3, -0.25) is 19.2 Å². The number of alkyl halides is 6. The zero-order valence-corrected chi connectivity index (χ0v) is 22.0. The molecule has 8 nitrogen and oxygen atoms in total. The average Bonchev–Trinajstić information content (AvgIpc) is 2.97. The van der Waals surface area contributed by atoms with E-state index >= 15 is 0 Å². The van der Waals surface area contributed by atoms with E-state index in [1.807, 2.05) is 0 Å². The molecule has 4 amide bonds. The second-order valence-electron chi connectivity index (χ2n) is 9.76. The van der Waals surface area contributed by atoms with Gasteiger partial charge in [0.05, 0.1) is 11.4 Å². The fraction of sp³-hybridized carbons (Fsp3) is 0.133. The summed E-state index contributed by atoms with van der Waals surface area (Å²) in [6.07, 6.45) is -9.11. The maximum atomic E-state index is 13.5. The van der Waals surface area contributed by atoms with Gasteiger partial charge in [-0.05, 0) is 72.8 Å². The molecule has 0 aliphatic carbocycles. The molecule has 0 atom stereocenters. The average molecular weight is 614 g/mol. The standard InChI is InChI=1S/C30H16F6N2O6/c31-29(32,33)13-43-17-5-1-15(2-6-17)37-25(39)19-9-11-21-24-22(12-10-20(23(19)24)26(37)40)28(42)38(27(21)41)16-3-7-18(8-4-16)44-14-30(34,35)36/h1-12H,13-14H2. The van der Waals surface area contributed by atoms with Crippen LogP contribution in [0.3, 0.4) is 0 Å². The van der Waals surface area contributed by atoms with Crippen molar-refractivity contribution in [3.05, 3.63) is 95.1 Å². The molecule has 0 saturated heterocycles. The van der Waals surface area contributed by atoms with Crippen LogP contribution in [0.5, 0.6) is 11.5 Å². The highest BCUT2D eigenvalue weighted by molar-refractivity contribution is 6.42. The Balaban J connectivity index is 1.33. The number of amides is 4. The van der Waals surface area contributed by atoms with Gasteiger partial charge in [0.15, 0.2) is 13.2 Å². The SMILES string of the molecule is O=C1c2ccc3c4c(ccc(c24)C(=O)N1c1ccc(OCC(F)(F)F)cc1)C(=O)N(c1ccc(OCC(F)(F)F)cc1)C3=O. The first-order valence-electron chi connectivity index (χ1n) is 12.7. The normalized spacial score (nSPS) is 14.9. The van der Waals surface area contributed by atoms with Gasteiger partial charge in [-0.2, -0.15) is 26.3 Å². The van der Waals surface area contributed by atoms with Crippen LogP contribution in [-0.2, 0) is 0 Å². The molecule has 0 unspecified atom stereocenters. The Bertz CT molecular complexity index is 1660. The number of rotatable bonds is 6. The Morgan fingerprint density at radius 2 is 0.727 bits per heavy atom. The molecule has 0 saturated carbocycles. The van der Waals surface area contributed by atoms with Crippen LogP contribution in [0.2, 0.25) is 0 Å². The number of halogens is 6. The zero-order chi connectivity index (χ0) is 31.6. The number of ether oxygens (including phenoxy) is 2. The van der Waals surface area contributed by atoms with Crippen LogP contribution >= 0.6 is 0 Å². The highest BCUT2D eigenvalue weighted by Crippen LogP contribution is 2.40. The molecule has 2 heterocycles. The summed E-state index contributed by atoms with van der Waals surface area (Å²) in [6, 6.07) is 15.0. The van der Waals surface area contributed by atoms with E-state index in [1.54, 1.807) is 0 Å². The number of carbonyl (C=O) groups is 4. The third kappa shape index (κ3) is 4.97. The lowest BCUT2D eigenvalue weighted by Crippen LogP contribution is -2.43. The number of hydrogen-bond donors (Lipinski definition) is 0. The molecule has 0 spiro atoms. The van der Waals surface area contributed by atoms with E-state index in [0.717, 1.165) is 9.80 Å². The molecule has 0 aromatic heterocycles. The minimum absolute atomic E-state index is 0.0119. The van der Waals surface area contributed by atoms with Gasteiger partial charge in [0.25, 0.3) is 23.6 Å². The fourth-order valence-corrected chi connectivity index (χ4v) is 5.06. The molecule has 224 valence electrons. The molecule has 0 N–H and O–H groups in total. The molecule has 0 radical (unpaired) electrons. The van der Waals surface area contributed by atoms with Crippen molar-refractivity contribution in [1.82, 2.24) is 0 Å². The van der Waals surface area contributed by atoms with Crippen molar-refractivity contribution in [2.45, 2.75) is 12.4 Å². The Morgan fingerprint density at radius 3 is 0.977 bits per heavy atom. The van der Waals surface area contributed by atoms with Gasteiger partial charge >= 0.3 is 12.4 Å². The molecule has 0 bridgehead atoms. The van der Waals surface area contributed by atoms with Crippen LogP contribution in [0.25, 0.3) is 10.8 Å². The smallest absolute Gasteiger partial charge is 0.422 e. The molecular weight excluding hydrogens is 598 g/mol. The second-order valence-corrected chi connectivity index (χ2v) is 9.76. The van der Waals surface area contributed by atoms with E-state index in [1.165, 1.54) is 72.8 Å². The Morgan fingerprint density at radius 1 is 0.455 bits per heavy atom. The maximum absolute atomic E-state index is 13.5. The van der Waals surface area contributed by atoms with Gasteiger partial charge in [0.1, 0.15) is 11.5 Å². The summed E-state index contributed by atoms with van der Waals surface area (Å²) in [5, 5.41) is 0.183. The van der Waals surface area contributed by atoms with Crippen LogP contribution in [0.4, 0.5) is 37.7 Å². The number of anilines is 2. The topological polar surface area (TPSA) is 93.2 Å². The summed E-state index contributed by atoms with van der Waals surface area (Å²) in [7, 11) is 0. The van der Waals surface area contributed by atoms with Crippen LogP contribution < -0.4 is 19.3 Å². The molecule has 4 aromatic carbocycles. The minimum Gasteiger partial charge on any atom is -0.484 e. The summed E-state index contributed by atoms with van der Waals surface area (Å²) in [5.74, 6) is -3.41. The van der Waals surface area contributed by atoms with Crippen molar-refractivity contribution in [3.8, 4) is 11.5 Å². The van der Waals surface area contributed by atoms with E-state index in [2.05, 4.69) is 9.47 Å². The van der Waals surface area contributed by atoms with E-state index in [0.29, 0.717) is 0 Å².